The summed E-state index contributed by atoms with van der Waals surface area (Å²) in [4.78, 5) is 25.2. The van der Waals surface area contributed by atoms with E-state index in [2.05, 4.69) is 21.0 Å². The number of hydrogen-bond donors (Lipinski definition) is 0. The second-order valence-electron chi connectivity index (χ2n) is 7.28. The van der Waals surface area contributed by atoms with Crippen molar-refractivity contribution in [1.29, 1.82) is 0 Å². The van der Waals surface area contributed by atoms with Gasteiger partial charge in [-0.1, -0.05) is 11.6 Å². The molecule has 2 aromatic rings. The molecule has 1 amide bonds. The summed E-state index contributed by atoms with van der Waals surface area (Å²) >= 11 is 9.26. The van der Waals surface area contributed by atoms with E-state index in [4.69, 9.17) is 16.0 Å². The minimum Gasteiger partial charge on any atom is -0.462 e. The molecule has 0 aliphatic carbocycles. The predicted molar refractivity (Wildman–Crippen MR) is 115 cm³/mol. The standard InChI is InChI=1S/C17H16BrClN2O6S2/c1-8(22)21-15(28(24)16(20-21)29(25,26)17(2,3)4)11-7-27-14-10(13(11)23)5-9(19)6-12(14)18/h5-7,15H,1-4H3. The summed E-state index contributed by atoms with van der Waals surface area (Å²) in [6.07, 6.45) is 1.06. The Kier molecular flexibility index (Phi) is 5.57. The van der Waals surface area contributed by atoms with Crippen molar-refractivity contribution in [3.05, 3.63) is 43.7 Å². The molecule has 8 nitrogen and oxygen atoms in total. The largest absolute Gasteiger partial charge is 0.462 e. The Morgan fingerprint density at radius 3 is 2.52 bits per heavy atom. The average molecular weight is 524 g/mol. The normalized spacial score (nSPS) is 20.2. The van der Waals surface area contributed by atoms with E-state index in [0.717, 1.165) is 18.2 Å². The molecule has 1 aliphatic rings. The van der Waals surface area contributed by atoms with Crippen LogP contribution in [-0.2, 0) is 25.4 Å². The van der Waals surface area contributed by atoms with Crippen LogP contribution >= 0.6 is 27.5 Å². The summed E-state index contributed by atoms with van der Waals surface area (Å²) in [6, 6.07) is 2.92. The van der Waals surface area contributed by atoms with Gasteiger partial charge in [0.2, 0.25) is 20.1 Å². The van der Waals surface area contributed by atoms with Crippen molar-refractivity contribution in [3.8, 4) is 0 Å². The lowest BCUT2D eigenvalue weighted by Crippen LogP contribution is -2.36. The van der Waals surface area contributed by atoms with Crippen molar-refractivity contribution in [3.63, 3.8) is 0 Å². The molecule has 2 heterocycles. The molecule has 0 saturated carbocycles. The first-order valence-corrected chi connectivity index (χ1v) is 12.1. The van der Waals surface area contributed by atoms with E-state index in [-0.39, 0.29) is 21.6 Å². The summed E-state index contributed by atoms with van der Waals surface area (Å²) in [7, 11) is -6.42. The number of benzene rings is 1. The highest BCUT2D eigenvalue weighted by atomic mass is 79.9. The number of halogens is 2. The molecule has 1 aliphatic heterocycles. The minimum atomic E-state index is -4.11. The predicted octanol–water partition coefficient (Wildman–Crippen LogP) is 3.30. The lowest BCUT2D eigenvalue weighted by Gasteiger charge is -2.19. The van der Waals surface area contributed by atoms with Gasteiger partial charge in [0.1, 0.15) is 17.1 Å². The topological polar surface area (TPSA) is 114 Å². The number of amides is 1. The van der Waals surface area contributed by atoms with Crippen molar-refractivity contribution in [1.82, 2.24) is 5.01 Å². The number of rotatable bonds is 1. The van der Waals surface area contributed by atoms with Crippen LogP contribution in [0.2, 0.25) is 5.02 Å². The Morgan fingerprint density at radius 1 is 1.34 bits per heavy atom. The maximum Gasteiger partial charge on any atom is 0.242 e. The third kappa shape index (κ3) is 3.58. The number of sulfone groups is 1. The van der Waals surface area contributed by atoms with Crippen LogP contribution in [0.5, 0.6) is 0 Å². The fourth-order valence-electron chi connectivity index (χ4n) is 2.62. The zero-order valence-corrected chi connectivity index (χ0v) is 19.7. The molecule has 0 bridgehead atoms. The van der Waals surface area contributed by atoms with Gasteiger partial charge in [0, 0.05) is 11.9 Å². The van der Waals surface area contributed by atoms with E-state index in [9.17, 15) is 22.2 Å². The Bertz CT molecular complexity index is 1260. The minimum absolute atomic E-state index is 0.0921. The van der Waals surface area contributed by atoms with Crippen LogP contribution < -0.4 is 5.43 Å². The van der Waals surface area contributed by atoms with Gasteiger partial charge >= 0.3 is 0 Å². The number of hydrazone groups is 1. The fourth-order valence-corrected chi connectivity index (χ4v) is 7.26. The van der Waals surface area contributed by atoms with Gasteiger partial charge in [-0.05, 0) is 48.8 Å². The van der Waals surface area contributed by atoms with E-state index >= 15 is 0 Å². The van der Waals surface area contributed by atoms with Crippen LogP contribution in [0.3, 0.4) is 0 Å². The molecular weight excluding hydrogens is 508 g/mol. The lowest BCUT2D eigenvalue weighted by molar-refractivity contribution is -0.129. The lowest BCUT2D eigenvalue weighted by atomic mass is 10.1. The van der Waals surface area contributed by atoms with Crippen molar-refractivity contribution >= 4 is 69.4 Å². The fraction of sp³-hybridized carbons (Fsp3) is 0.353. The van der Waals surface area contributed by atoms with Gasteiger partial charge in [-0.25, -0.2) is 17.6 Å². The van der Waals surface area contributed by atoms with Crippen molar-refractivity contribution < 1.29 is 21.8 Å². The van der Waals surface area contributed by atoms with Gasteiger partial charge < -0.3 is 4.42 Å². The van der Waals surface area contributed by atoms with Gasteiger partial charge in [-0.3, -0.25) is 9.59 Å². The summed E-state index contributed by atoms with van der Waals surface area (Å²) < 4.78 is 42.7. The first kappa shape index (κ1) is 22.1. The van der Waals surface area contributed by atoms with Gasteiger partial charge in [0.25, 0.3) is 0 Å². The summed E-state index contributed by atoms with van der Waals surface area (Å²) in [5.74, 6) is -0.672. The van der Waals surface area contributed by atoms with E-state index < -0.39 is 46.5 Å². The maximum absolute atomic E-state index is 13.1. The molecule has 0 saturated heterocycles. The van der Waals surface area contributed by atoms with Gasteiger partial charge in [-0.2, -0.15) is 0 Å². The van der Waals surface area contributed by atoms with E-state index in [1.54, 1.807) is 6.07 Å². The maximum atomic E-state index is 13.1. The highest BCUT2D eigenvalue weighted by Gasteiger charge is 2.48. The molecule has 1 aromatic carbocycles. The zero-order valence-electron chi connectivity index (χ0n) is 15.7. The van der Waals surface area contributed by atoms with E-state index in [1.165, 1.54) is 26.8 Å². The zero-order chi connectivity index (χ0) is 21.9. The Hall–Kier alpha value is -1.56. The number of hydrogen-bond acceptors (Lipinski definition) is 7. The molecule has 3 rings (SSSR count). The molecule has 0 radical (unpaired) electrons. The molecule has 0 fully saturated rings. The van der Waals surface area contributed by atoms with Crippen LogP contribution in [0.1, 0.15) is 38.6 Å². The monoisotopic (exact) mass is 522 g/mol. The molecule has 0 N–H and O–H groups in total. The first-order valence-electron chi connectivity index (χ1n) is 8.21. The molecule has 1 aromatic heterocycles. The Morgan fingerprint density at radius 2 is 1.97 bits per heavy atom. The van der Waals surface area contributed by atoms with Gasteiger partial charge in [0.05, 0.1) is 20.2 Å². The average Bonchev–Trinajstić information content (AvgIpc) is 2.93. The molecule has 2 atom stereocenters. The molecule has 0 spiro atoms. The summed E-state index contributed by atoms with van der Waals surface area (Å²) in [6.45, 7) is 5.42. The SMILES string of the molecule is CC(=O)N1N=C(S(=O)(=O)C(C)(C)C)S(=O)C1c1coc2c(Br)cc(Cl)cc2c1=O. The molecular formula is C17H16BrClN2O6S2. The molecule has 29 heavy (non-hydrogen) atoms. The van der Waals surface area contributed by atoms with E-state index in [0.29, 0.717) is 4.47 Å². The van der Waals surface area contributed by atoms with Gasteiger partial charge in [0.15, 0.2) is 16.4 Å². The Balaban J connectivity index is 2.24. The third-order valence-corrected chi connectivity index (χ3v) is 9.63. The second kappa shape index (κ2) is 7.29. The second-order valence-corrected chi connectivity index (χ2v) is 12.9. The first-order chi connectivity index (χ1) is 13.3. The van der Waals surface area contributed by atoms with Crippen molar-refractivity contribution in [2.45, 2.75) is 37.8 Å². The van der Waals surface area contributed by atoms with Crippen LogP contribution in [0, 0.1) is 0 Å². The quantitative estimate of drug-likeness (QED) is 0.566. The number of carbonyl (C=O) groups excluding carboxylic acids is 1. The molecule has 2 unspecified atom stereocenters. The highest BCUT2D eigenvalue weighted by molar-refractivity contribution is 9.10. The smallest absolute Gasteiger partial charge is 0.242 e. The van der Waals surface area contributed by atoms with Crippen molar-refractivity contribution in [2.75, 3.05) is 0 Å². The van der Waals surface area contributed by atoms with Crippen LogP contribution in [0.15, 0.2) is 37.2 Å². The van der Waals surface area contributed by atoms with Crippen LogP contribution in [0.25, 0.3) is 11.0 Å². The van der Waals surface area contributed by atoms with Crippen LogP contribution in [0.4, 0.5) is 0 Å². The number of fused-ring (bicyclic) bond motifs is 1. The van der Waals surface area contributed by atoms with Gasteiger partial charge in [-0.15, -0.1) is 5.10 Å². The summed E-state index contributed by atoms with van der Waals surface area (Å²) in [5.41, 5.74) is -0.545. The number of nitrogens with zero attached hydrogens (tertiary/aromatic N) is 2. The molecule has 12 heteroatoms. The summed E-state index contributed by atoms with van der Waals surface area (Å²) in [5, 5.41) is 3.48. The van der Waals surface area contributed by atoms with Crippen LogP contribution in [-0.4, -0.2) is 32.7 Å². The van der Waals surface area contributed by atoms with Crippen molar-refractivity contribution in [2.24, 2.45) is 5.10 Å². The third-order valence-electron chi connectivity index (χ3n) is 4.23. The number of carbonyl (C=O) groups is 1. The Labute approximate surface area is 182 Å². The highest BCUT2D eigenvalue weighted by Crippen LogP contribution is 2.36. The van der Waals surface area contributed by atoms with E-state index in [1.807, 2.05) is 0 Å². The molecule has 156 valence electrons.